The number of thiocarbonyl (C=S) groups is 1. The zero-order valence-corrected chi connectivity index (χ0v) is 11.1. The fraction of sp³-hybridized carbons (Fsp3) is 0.333. The molecule has 3 nitrogen and oxygen atoms in total. The van der Waals surface area contributed by atoms with Crippen molar-refractivity contribution in [3.63, 3.8) is 0 Å². The first-order valence-electron chi connectivity index (χ1n) is 5.31. The van der Waals surface area contributed by atoms with Gasteiger partial charge in [0.05, 0.1) is 10.6 Å². The summed E-state index contributed by atoms with van der Waals surface area (Å²) in [6.07, 6.45) is 0. The molecule has 1 unspecified atom stereocenters. The van der Waals surface area contributed by atoms with Gasteiger partial charge in [-0.1, -0.05) is 12.2 Å². The SMILES string of the molecule is CC(=S)Nc1ccc(C(=O)OCC2CS2)cc1. The second-order valence-electron chi connectivity index (χ2n) is 3.81. The van der Waals surface area contributed by atoms with Gasteiger partial charge in [-0.25, -0.2) is 4.79 Å². The van der Waals surface area contributed by atoms with Crippen molar-refractivity contribution in [1.82, 2.24) is 0 Å². The lowest BCUT2D eigenvalue weighted by molar-refractivity contribution is 0.0517. The zero-order valence-electron chi connectivity index (χ0n) is 9.43. The molecule has 0 radical (unpaired) electrons. The van der Waals surface area contributed by atoms with Crippen molar-refractivity contribution < 1.29 is 9.53 Å². The molecule has 0 aliphatic carbocycles. The normalized spacial score (nSPS) is 17.4. The number of carbonyl (C=O) groups is 1. The first kappa shape index (κ1) is 12.4. The van der Waals surface area contributed by atoms with Gasteiger partial charge in [0.1, 0.15) is 6.61 Å². The van der Waals surface area contributed by atoms with Crippen LogP contribution >= 0.6 is 24.0 Å². The predicted octanol–water partition coefficient (Wildman–Crippen LogP) is 2.72. The van der Waals surface area contributed by atoms with Crippen LogP contribution in [0.25, 0.3) is 0 Å². The minimum absolute atomic E-state index is 0.261. The summed E-state index contributed by atoms with van der Waals surface area (Å²) in [5.41, 5.74) is 1.45. The highest BCUT2D eigenvalue weighted by Crippen LogP contribution is 2.30. The van der Waals surface area contributed by atoms with Crippen LogP contribution in [0.2, 0.25) is 0 Å². The van der Waals surface area contributed by atoms with Crippen LogP contribution in [0.4, 0.5) is 5.69 Å². The Morgan fingerprint density at radius 1 is 1.53 bits per heavy atom. The summed E-state index contributed by atoms with van der Waals surface area (Å²) >= 11 is 6.75. The summed E-state index contributed by atoms with van der Waals surface area (Å²) in [6, 6.07) is 7.11. The van der Waals surface area contributed by atoms with Gasteiger partial charge >= 0.3 is 5.97 Å². The van der Waals surface area contributed by atoms with E-state index in [1.54, 1.807) is 12.1 Å². The molecular formula is C12H13NO2S2. The van der Waals surface area contributed by atoms with E-state index in [1.807, 2.05) is 30.8 Å². The second-order valence-corrected chi connectivity index (χ2v) is 5.76. The van der Waals surface area contributed by atoms with E-state index in [-0.39, 0.29) is 5.97 Å². The van der Waals surface area contributed by atoms with E-state index in [2.05, 4.69) is 5.32 Å². The smallest absolute Gasteiger partial charge is 0.338 e. The number of hydrogen-bond donors (Lipinski definition) is 1. The number of esters is 1. The molecule has 1 saturated heterocycles. The van der Waals surface area contributed by atoms with Gasteiger partial charge in [0.2, 0.25) is 0 Å². The van der Waals surface area contributed by atoms with Crippen LogP contribution in [0.3, 0.4) is 0 Å². The van der Waals surface area contributed by atoms with Crippen LogP contribution in [-0.2, 0) is 4.74 Å². The molecule has 0 spiro atoms. The third kappa shape index (κ3) is 4.02. The summed E-state index contributed by atoms with van der Waals surface area (Å²) in [5.74, 6) is 0.840. The molecule has 1 fully saturated rings. The monoisotopic (exact) mass is 267 g/mol. The molecule has 5 heteroatoms. The van der Waals surface area contributed by atoms with Crippen molar-refractivity contribution in [2.24, 2.45) is 0 Å². The quantitative estimate of drug-likeness (QED) is 0.516. The third-order valence-corrected chi connectivity index (χ3v) is 3.29. The van der Waals surface area contributed by atoms with E-state index >= 15 is 0 Å². The van der Waals surface area contributed by atoms with E-state index in [4.69, 9.17) is 17.0 Å². The molecule has 0 saturated carbocycles. The standard InChI is InChI=1S/C12H13NO2S2/c1-8(16)13-10-4-2-9(3-5-10)12(14)15-6-11-7-17-11/h2-5,11H,6-7H2,1H3,(H,13,16). The Hall–Kier alpha value is -1.07. The Bertz CT molecular complexity index is 427. The van der Waals surface area contributed by atoms with Crippen molar-refractivity contribution in [2.45, 2.75) is 12.2 Å². The summed E-state index contributed by atoms with van der Waals surface area (Å²) in [4.78, 5) is 12.3. The lowest BCUT2D eigenvalue weighted by Gasteiger charge is -2.06. The number of hydrogen-bond acceptors (Lipinski definition) is 4. The molecule has 1 heterocycles. The molecule has 0 bridgehead atoms. The number of rotatable bonds is 4. The average molecular weight is 267 g/mol. The van der Waals surface area contributed by atoms with Gasteiger partial charge in [0.15, 0.2) is 0 Å². The first-order chi connectivity index (χ1) is 8.15. The first-order valence-corrected chi connectivity index (χ1v) is 6.77. The van der Waals surface area contributed by atoms with E-state index < -0.39 is 0 Å². The van der Waals surface area contributed by atoms with E-state index in [1.165, 1.54) is 0 Å². The van der Waals surface area contributed by atoms with E-state index in [9.17, 15) is 4.79 Å². The topological polar surface area (TPSA) is 38.3 Å². The Morgan fingerprint density at radius 2 is 2.18 bits per heavy atom. The minimum Gasteiger partial charge on any atom is -0.461 e. The average Bonchev–Trinajstić information content (AvgIpc) is 3.10. The summed E-state index contributed by atoms with van der Waals surface area (Å²) in [6.45, 7) is 2.33. The molecule has 1 aliphatic heterocycles. The zero-order chi connectivity index (χ0) is 12.3. The minimum atomic E-state index is -0.261. The number of nitrogens with one attached hydrogen (secondary N) is 1. The highest BCUT2D eigenvalue weighted by atomic mass is 32.2. The Labute approximate surface area is 110 Å². The maximum absolute atomic E-state index is 11.6. The molecule has 17 heavy (non-hydrogen) atoms. The molecule has 90 valence electrons. The largest absolute Gasteiger partial charge is 0.461 e. The van der Waals surface area contributed by atoms with Crippen LogP contribution in [0, 0.1) is 0 Å². The molecule has 0 aromatic heterocycles. The fourth-order valence-electron chi connectivity index (χ4n) is 1.31. The molecular weight excluding hydrogens is 254 g/mol. The maximum Gasteiger partial charge on any atom is 0.338 e. The molecule has 1 atom stereocenters. The third-order valence-electron chi connectivity index (χ3n) is 2.24. The summed E-state index contributed by atoms with van der Waals surface area (Å²) in [7, 11) is 0. The number of benzene rings is 1. The van der Waals surface area contributed by atoms with Gasteiger partial charge in [0.25, 0.3) is 0 Å². The summed E-state index contributed by atoms with van der Waals surface area (Å²) < 4.78 is 5.17. The fourth-order valence-corrected chi connectivity index (χ4v) is 1.82. The van der Waals surface area contributed by atoms with Gasteiger partial charge in [-0.15, -0.1) is 0 Å². The Kier molecular flexibility index (Phi) is 4.02. The summed E-state index contributed by atoms with van der Waals surface area (Å²) in [5, 5.41) is 3.52. The van der Waals surface area contributed by atoms with Gasteiger partial charge < -0.3 is 10.1 Å². The van der Waals surface area contributed by atoms with E-state index in [0.717, 1.165) is 11.4 Å². The van der Waals surface area contributed by atoms with Gasteiger partial charge in [-0.3, -0.25) is 0 Å². The molecule has 1 aromatic carbocycles. The predicted molar refractivity (Wildman–Crippen MR) is 74.9 cm³/mol. The number of thioether (sulfide) groups is 1. The molecule has 2 rings (SSSR count). The van der Waals surface area contributed by atoms with Crippen molar-refractivity contribution in [1.29, 1.82) is 0 Å². The number of anilines is 1. The number of ether oxygens (including phenoxy) is 1. The van der Waals surface area contributed by atoms with Crippen molar-refractivity contribution in [2.75, 3.05) is 17.7 Å². The van der Waals surface area contributed by atoms with Crippen molar-refractivity contribution >= 4 is 40.6 Å². The molecule has 1 aromatic rings. The Morgan fingerprint density at radius 3 is 2.71 bits per heavy atom. The van der Waals surface area contributed by atoms with Crippen molar-refractivity contribution in [3.8, 4) is 0 Å². The highest BCUT2D eigenvalue weighted by molar-refractivity contribution is 8.06. The lowest BCUT2D eigenvalue weighted by Crippen LogP contribution is -2.09. The van der Waals surface area contributed by atoms with Crippen molar-refractivity contribution in [3.05, 3.63) is 29.8 Å². The number of carbonyl (C=O) groups excluding carboxylic acids is 1. The van der Waals surface area contributed by atoms with E-state index in [0.29, 0.717) is 22.4 Å². The Balaban J connectivity index is 1.91. The van der Waals surface area contributed by atoms with Crippen LogP contribution in [0.5, 0.6) is 0 Å². The van der Waals surface area contributed by atoms with Crippen LogP contribution in [-0.4, -0.2) is 28.6 Å². The van der Waals surface area contributed by atoms with Gasteiger partial charge in [-0.05, 0) is 31.2 Å². The van der Waals surface area contributed by atoms with Crippen LogP contribution in [0.1, 0.15) is 17.3 Å². The van der Waals surface area contributed by atoms with Crippen LogP contribution in [0.15, 0.2) is 24.3 Å². The lowest BCUT2D eigenvalue weighted by atomic mass is 10.2. The molecule has 1 N–H and O–H groups in total. The van der Waals surface area contributed by atoms with Gasteiger partial charge in [-0.2, -0.15) is 11.8 Å². The van der Waals surface area contributed by atoms with Gasteiger partial charge in [0, 0.05) is 16.7 Å². The van der Waals surface area contributed by atoms with Crippen LogP contribution < -0.4 is 5.32 Å². The maximum atomic E-state index is 11.6. The highest BCUT2D eigenvalue weighted by Gasteiger charge is 2.24. The second kappa shape index (κ2) is 5.51. The molecule has 1 aliphatic rings. The molecule has 0 amide bonds.